The van der Waals surface area contributed by atoms with Crippen LogP contribution in [0.2, 0.25) is 0 Å². The van der Waals surface area contributed by atoms with Gasteiger partial charge in [0.1, 0.15) is 23.9 Å². The van der Waals surface area contributed by atoms with E-state index >= 15 is 0 Å². The van der Waals surface area contributed by atoms with Gasteiger partial charge in [-0.15, -0.1) is 0 Å². The Morgan fingerprint density at radius 1 is 1.14 bits per heavy atom. The minimum Gasteiger partial charge on any atom is -0.486 e. The molecule has 2 aromatic heterocycles. The number of carbonyl (C=O) groups excluding carboxylic acids is 1. The monoisotopic (exact) mass is 375 g/mol. The molecule has 0 atom stereocenters. The number of imidazole rings is 1. The fourth-order valence-corrected chi connectivity index (χ4v) is 3.00. The number of rotatable bonds is 6. The van der Waals surface area contributed by atoms with Crippen LogP contribution in [0.4, 0.5) is 0 Å². The van der Waals surface area contributed by atoms with Gasteiger partial charge in [0.15, 0.2) is 5.76 Å². The molecule has 0 spiro atoms. The largest absolute Gasteiger partial charge is 0.486 e. The summed E-state index contributed by atoms with van der Waals surface area (Å²) in [7, 11) is 3.63. The molecule has 0 radical (unpaired) electrons. The quantitative estimate of drug-likeness (QED) is 0.511. The Hall–Kier alpha value is -3.54. The molecule has 0 bridgehead atoms. The van der Waals surface area contributed by atoms with E-state index in [1.165, 1.54) is 0 Å². The lowest BCUT2D eigenvalue weighted by molar-refractivity contribution is 0.0744. The number of benzene rings is 2. The van der Waals surface area contributed by atoms with E-state index in [1.807, 2.05) is 54.2 Å². The van der Waals surface area contributed by atoms with Crippen LogP contribution in [0.25, 0.3) is 10.8 Å². The zero-order valence-electron chi connectivity index (χ0n) is 15.8. The molecule has 0 aliphatic carbocycles. The Bertz CT molecular complexity index is 1110. The normalized spacial score (nSPS) is 10.9. The average molecular weight is 375 g/mol. The Morgan fingerprint density at radius 3 is 2.75 bits per heavy atom. The molecule has 6 nitrogen and oxygen atoms in total. The summed E-state index contributed by atoms with van der Waals surface area (Å²) in [6, 6.07) is 17.5. The Balaban J connectivity index is 1.39. The second-order valence-corrected chi connectivity index (χ2v) is 6.68. The zero-order chi connectivity index (χ0) is 19.5. The van der Waals surface area contributed by atoms with Crippen molar-refractivity contribution in [2.75, 3.05) is 7.05 Å². The van der Waals surface area contributed by atoms with Crippen LogP contribution >= 0.6 is 0 Å². The van der Waals surface area contributed by atoms with Crippen molar-refractivity contribution in [1.82, 2.24) is 14.5 Å². The van der Waals surface area contributed by atoms with Gasteiger partial charge in [0.05, 0.1) is 6.54 Å². The molecule has 0 N–H and O–H groups in total. The van der Waals surface area contributed by atoms with E-state index in [9.17, 15) is 4.79 Å². The van der Waals surface area contributed by atoms with Crippen LogP contribution in [0.3, 0.4) is 0 Å². The topological polar surface area (TPSA) is 60.5 Å². The predicted octanol–water partition coefficient (Wildman–Crippen LogP) is 4.02. The maximum atomic E-state index is 12.6. The van der Waals surface area contributed by atoms with Crippen molar-refractivity contribution in [3.63, 3.8) is 0 Å². The van der Waals surface area contributed by atoms with E-state index in [0.717, 1.165) is 22.3 Å². The number of furan rings is 1. The van der Waals surface area contributed by atoms with Crippen LogP contribution in [0.1, 0.15) is 22.1 Å². The maximum Gasteiger partial charge on any atom is 0.289 e. The van der Waals surface area contributed by atoms with Crippen LogP contribution in [0.15, 0.2) is 71.4 Å². The molecule has 6 heteroatoms. The van der Waals surface area contributed by atoms with Crippen molar-refractivity contribution in [2.45, 2.75) is 13.2 Å². The number of carbonyl (C=O) groups is 1. The van der Waals surface area contributed by atoms with Gasteiger partial charge < -0.3 is 18.6 Å². The maximum absolute atomic E-state index is 12.6. The fraction of sp³-hybridized carbons (Fsp3) is 0.182. The number of aromatic nitrogens is 2. The second kappa shape index (κ2) is 7.60. The van der Waals surface area contributed by atoms with Crippen molar-refractivity contribution in [3.8, 4) is 5.75 Å². The molecule has 1 amide bonds. The van der Waals surface area contributed by atoms with E-state index in [4.69, 9.17) is 9.15 Å². The highest BCUT2D eigenvalue weighted by Gasteiger charge is 2.17. The Kier molecular flexibility index (Phi) is 4.85. The van der Waals surface area contributed by atoms with Gasteiger partial charge in [-0.2, -0.15) is 0 Å². The van der Waals surface area contributed by atoms with Gasteiger partial charge in [0, 0.05) is 26.5 Å². The molecule has 0 fully saturated rings. The second-order valence-electron chi connectivity index (χ2n) is 6.68. The first-order chi connectivity index (χ1) is 13.6. The molecule has 2 heterocycles. The van der Waals surface area contributed by atoms with Crippen molar-refractivity contribution in [1.29, 1.82) is 0 Å². The van der Waals surface area contributed by atoms with Gasteiger partial charge in [-0.05, 0) is 35.0 Å². The van der Waals surface area contributed by atoms with Crippen LogP contribution < -0.4 is 4.74 Å². The molecule has 4 aromatic rings. The van der Waals surface area contributed by atoms with Crippen LogP contribution in [-0.2, 0) is 20.2 Å². The summed E-state index contributed by atoms with van der Waals surface area (Å²) in [4.78, 5) is 18.4. The molecule has 0 aliphatic rings. The van der Waals surface area contributed by atoms with Gasteiger partial charge in [-0.3, -0.25) is 4.79 Å². The number of ether oxygens (including phenoxy) is 1. The van der Waals surface area contributed by atoms with E-state index < -0.39 is 0 Å². The highest BCUT2D eigenvalue weighted by molar-refractivity contribution is 5.91. The van der Waals surface area contributed by atoms with Gasteiger partial charge in [-0.25, -0.2) is 4.98 Å². The lowest BCUT2D eigenvalue weighted by Crippen LogP contribution is -2.27. The summed E-state index contributed by atoms with van der Waals surface area (Å²) < 4.78 is 13.4. The number of hydrogen-bond acceptors (Lipinski definition) is 4. The summed E-state index contributed by atoms with van der Waals surface area (Å²) >= 11 is 0. The van der Waals surface area contributed by atoms with Gasteiger partial charge in [0.25, 0.3) is 5.91 Å². The molecule has 0 saturated heterocycles. The van der Waals surface area contributed by atoms with E-state index in [1.54, 1.807) is 30.3 Å². The summed E-state index contributed by atoms with van der Waals surface area (Å²) in [6.45, 7) is 0.667. The summed E-state index contributed by atoms with van der Waals surface area (Å²) in [5.74, 6) is 2.26. The van der Waals surface area contributed by atoms with Crippen LogP contribution in [0, 0.1) is 0 Å². The van der Waals surface area contributed by atoms with Crippen molar-refractivity contribution in [3.05, 3.63) is 84.3 Å². The first-order valence-corrected chi connectivity index (χ1v) is 9.02. The summed E-state index contributed by atoms with van der Waals surface area (Å²) in [5.41, 5.74) is 0. The molecule has 142 valence electrons. The highest BCUT2D eigenvalue weighted by atomic mass is 16.5. The molecule has 0 unspecified atom stereocenters. The van der Waals surface area contributed by atoms with Crippen LogP contribution in [0.5, 0.6) is 5.75 Å². The van der Waals surface area contributed by atoms with Crippen molar-refractivity contribution in [2.24, 2.45) is 7.05 Å². The van der Waals surface area contributed by atoms with Gasteiger partial charge >= 0.3 is 0 Å². The zero-order valence-corrected chi connectivity index (χ0v) is 15.8. The third kappa shape index (κ3) is 3.76. The minimum absolute atomic E-state index is 0.194. The van der Waals surface area contributed by atoms with Crippen molar-refractivity contribution >= 4 is 16.7 Å². The Morgan fingerprint density at radius 2 is 1.96 bits per heavy atom. The first kappa shape index (κ1) is 17.9. The SMILES string of the molecule is CN(Cc1nccn1C)C(=O)c1ccc(COc2ccc3ccccc3c2)o1. The lowest BCUT2D eigenvalue weighted by atomic mass is 10.1. The molecular formula is C22H21N3O3. The number of fused-ring (bicyclic) bond motifs is 1. The van der Waals surface area contributed by atoms with E-state index in [-0.39, 0.29) is 18.3 Å². The lowest BCUT2D eigenvalue weighted by Gasteiger charge is -2.15. The number of aryl methyl sites for hydroxylation is 1. The highest BCUT2D eigenvalue weighted by Crippen LogP contribution is 2.22. The molecule has 4 rings (SSSR count). The minimum atomic E-state index is -0.194. The third-order valence-corrected chi connectivity index (χ3v) is 4.62. The van der Waals surface area contributed by atoms with Crippen molar-refractivity contribution < 1.29 is 13.9 Å². The standard InChI is InChI=1S/C22H21N3O3/c1-24-12-11-23-21(24)14-25(2)22(26)20-10-9-19(28-20)15-27-18-8-7-16-5-3-4-6-17(16)13-18/h3-13H,14-15H2,1-2H3. The fourth-order valence-electron chi connectivity index (χ4n) is 3.00. The van der Waals surface area contributed by atoms with Gasteiger partial charge in [-0.1, -0.05) is 30.3 Å². The summed E-state index contributed by atoms with van der Waals surface area (Å²) in [5, 5.41) is 2.28. The van der Waals surface area contributed by atoms with Crippen LogP contribution in [-0.4, -0.2) is 27.4 Å². The third-order valence-electron chi connectivity index (χ3n) is 4.62. The van der Waals surface area contributed by atoms with E-state index in [0.29, 0.717) is 12.3 Å². The number of hydrogen-bond donors (Lipinski definition) is 0. The predicted molar refractivity (Wildman–Crippen MR) is 106 cm³/mol. The molecule has 28 heavy (non-hydrogen) atoms. The Labute approximate surface area is 163 Å². The molecular weight excluding hydrogens is 354 g/mol. The molecule has 2 aromatic carbocycles. The molecule has 0 saturated carbocycles. The van der Waals surface area contributed by atoms with E-state index in [2.05, 4.69) is 11.1 Å². The summed E-state index contributed by atoms with van der Waals surface area (Å²) in [6.07, 6.45) is 3.56. The number of amides is 1. The van der Waals surface area contributed by atoms with Gasteiger partial charge in [0.2, 0.25) is 0 Å². The molecule has 0 aliphatic heterocycles. The smallest absolute Gasteiger partial charge is 0.289 e. The first-order valence-electron chi connectivity index (χ1n) is 9.02. The average Bonchev–Trinajstić information content (AvgIpc) is 3.35. The number of nitrogens with zero attached hydrogens (tertiary/aromatic N) is 3.